The van der Waals surface area contributed by atoms with Crippen LogP contribution in [0.4, 0.5) is 0 Å². The average Bonchev–Trinajstić information content (AvgIpc) is 3.53. The van der Waals surface area contributed by atoms with Crippen LogP contribution in [0.2, 0.25) is 0 Å². The first kappa shape index (κ1) is 18.0. The second-order valence-electron chi connectivity index (χ2n) is 7.08. The number of nitrogens with two attached hydrogens (primary N) is 1. The van der Waals surface area contributed by atoms with Gasteiger partial charge in [-0.15, -0.1) is 11.3 Å². The van der Waals surface area contributed by atoms with Crippen molar-refractivity contribution in [3.8, 4) is 21.8 Å². The van der Waals surface area contributed by atoms with Crippen molar-refractivity contribution in [3.05, 3.63) is 59.9 Å². The smallest absolute Gasteiger partial charge is 0.254 e. The van der Waals surface area contributed by atoms with Crippen molar-refractivity contribution in [3.63, 3.8) is 0 Å². The molecule has 0 aliphatic carbocycles. The summed E-state index contributed by atoms with van der Waals surface area (Å²) in [6.45, 7) is 1.24. The molecule has 1 aliphatic rings. The number of pyridine rings is 1. The zero-order valence-electron chi connectivity index (χ0n) is 15.7. The average molecular weight is 404 g/mol. The third kappa shape index (κ3) is 3.20. The van der Waals surface area contributed by atoms with Crippen molar-refractivity contribution in [1.82, 2.24) is 24.5 Å². The van der Waals surface area contributed by atoms with Gasteiger partial charge >= 0.3 is 0 Å². The summed E-state index contributed by atoms with van der Waals surface area (Å²) < 4.78 is 1.73. The van der Waals surface area contributed by atoms with Crippen molar-refractivity contribution >= 4 is 22.9 Å². The summed E-state index contributed by atoms with van der Waals surface area (Å²) >= 11 is 1.64. The summed E-state index contributed by atoms with van der Waals surface area (Å²) in [5.41, 5.74) is 9.55. The van der Waals surface area contributed by atoms with E-state index < -0.39 is 0 Å². The largest absolute Gasteiger partial charge is 0.334 e. The maximum atomic E-state index is 13.0. The van der Waals surface area contributed by atoms with Crippen LogP contribution in [0.15, 0.2) is 54.3 Å². The zero-order valence-corrected chi connectivity index (χ0v) is 16.5. The topological polar surface area (TPSA) is 89.4 Å². The van der Waals surface area contributed by atoms with E-state index in [1.54, 1.807) is 34.3 Å². The van der Waals surface area contributed by atoms with E-state index in [0.717, 1.165) is 35.5 Å². The first-order valence-electron chi connectivity index (χ1n) is 9.60. The standard InChI is InChI=1S/C21H20N6OS/c22-12-15-3-1-8-26(15)21(28)14-5-7-23-18(11-14)16-13-24-27-9-6-17(25-20(16)27)19-4-2-10-29-19/h2,4-7,9-11,13,15H,1,3,8,12,22H2. The van der Waals surface area contributed by atoms with E-state index >= 15 is 0 Å². The molecule has 0 bridgehead atoms. The maximum Gasteiger partial charge on any atom is 0.254 e. The minimum atomic E-state index is 0.00491. The number of likely N-dealkylation sites (tertiary alicyclic amines) is 1. The highest BCUT2D eigenvalue weighted by Crippen LogP contribution is 2.28. The number of rotatable bonds is 4. The Balaban J connectivity index is 1.53. The molecule has 1 amide bonds. The highest BCUT2D eigenvalue weighted by atomic mass is 32.1. The third-order valence-electron chi connectivity index (χ3n) is 5.34. The number of hydrogen-bond acceptors (Lipinski definition) is 6. The van der Waals surface area contributed by atoms with Crippen LogP contribution in [-0.4, -0.2) is 49.5 Å². The van der Waals surface area contributed by atoms with Crippen LogP contribution >= 0.6 is 11.3 Å². The van der Waals surface area contributed by atoms with Gasteiger partial charge < -0.3 is 10.6 Å². The van der Waals surface area contributed by atoms with Gasteiger partial charge in [0, 0.05) is 37.1 Å². The number of fused-ring (bicyclic) bond motifs is 1. The summed E-state index contributed by atoms with van der Waals surface area (Å²) in [5, 5.41) is 6.43. The number of aromatic nitrogens is 4. The van der Waals surface area contributed by atoms with Crippen LogP contribution in [0.3, 0.4) is 0 Å². The molecule has 0 aromatic carbocycles. The molecular formula is C21H20N6OS. The lowest BCUT2D eigenvalue weighted by atomic mass is 10.1. The van der Waals surface area contributed by atoms with Crippen LogP contribution in [-0.2, 0) is 0 Å². The summed E-state index contributed by atoms with van der Waals surface area (Å²) in [7, 11) is 0. The lowest BCUT2D eigenvalue weighted by Gasteiger charge is -2.23. The molecule has 4 aromatic heterocycles. The maximum absolute atomic E-state index is 13.0. The molecule has 1 aliphatic heterocycles. The molecule has 0 radical (unpaired) electrons. The molecule has 0 spiro atoms. The van der Waals surface area contributed by atoms with Crippen LogP contribution in [0.1, 0.15) is 23.2 Å². The van der Waals surface area contributed by atoms with Crippen molar-refractivity contribution in [2.45, 2.75) is 18.9 Å². The second-order valence-corrected chi connectivity index (χ2v) is 8.02. The minimum absolute atomic E-state index is 0.00491. The summed E-state index contributed by atoms with van der Waals surface area (Å²) in [5.74, 6) is 0.00491. The number of thiophene rings is 1. The normalized spacial score (nSPS) is 16.6. The molecule has 5 rings (SSSR count). The Labute approximate surface area is 171 Å². The van der Waals surface area contributed by atoms with E-state index in [0.29, 0.717) is 23.4 Å². The minimum Gasteiger partial charge on any atom is -0.334 e. The number of amides is 1. The van der Waals surface area contributed by atoms with Gasteiger partial charge in [-0.05, 0) is 42.5 Å². The van der Waals surface area contributed by atoms with Gasteiger partial charge in [0.25, 0.3) is 5.91 Å². The number of carbonyl (C=O) groups is 1. The van der Waals surface area contributed by atoms with Crippen molar-refractivity contribution in [2.75, 3.05) is 13.1 Å². The Morgan fingerprint density at radius 2 is 2.21 bits per heavy atom. The molecule has 1 saturated heterocycles. The van der Waals surface area contributed by atoms with Crippen LogP contribution in [0.5, 0.6) is 0 Å². The van der Waals surface area contributed by atoms with Gasteiger partial charge in [-0.25, -0.2) is 9.50 Å². The van der Waals surface area contributed by atoms with E-state index in [1.807, 2.05) is 40.7 Å². The van der Waals surface area contributed by atoms with Crippen LogP contribution < -0.4 is 5.73 Å². The number of nitrogens with zero attached hydrogens (tertiary/aromatic N) is 5. The van der Waals surface area contributed by atoms with Crippen LogP contribution in [0.25, 0.3) is 27.5 Å². The Morgan fingerprint density at radius 3 is 3.03 bits per heavy atom. The van der Waals surface area contributed by atoms with Crippen molar-refractivity contribution in [1.29, 1.82) is 0 Å². The fraction of sp³-hybridized carbons (Fsp3) is 0.238. The molecule has 7 nitrogen and oxygen atoms in total. The van der Waals surface area contributed by atoms with Crippen molar-refractivity contribution < 1.29 is 4.79 Å². The lowest BCUT2D eigenvalue weighted by Crippen LogP contribution is -2.39. The number of hydrogen-bond donors (Lipinski definition) is 1. The third-order valence-corrected chi connectivity index (χ3v) is 6.23. The molecule has 1 unspecified atom stereocenters. The zero-order chi connectivity index (χ0) is 19.8. The van der Waals surface area contributed by atoms with Crippen LogP contribution in [0, 0.1) is 0 Å². The van der Waals surface area contributed by atoms with Crippen molar-refractivity contribution in [2.24, 2.45) is 5.73 Å². The molecule has 2 N–H and O–H groups in total. The van der Waals surface area contributed by atoms with Gasteiger partial charge in [0.05, 0.1) is 28.0 Å². The lowest BCUT2D eigenvalue weighted by molar-refractivity contribution is 0.0741. The van der Waals surface area contributed by atoms with Gasteiger partial charge in [-0.3, -0.25) is 9.78 Å². The van der Waals surface area contributed by atoms with E-state index in [2.05, 4.69) is 10.1 Å². The Bertz CT molecular complexity index is 1170. The van der Waals surface area contributed by atoms with E-state index in [-0.39, 0.29) is 11.9 Å². The van der Waals surface area contributed by atoms with E-state index in [4.69, 9.17) is 10.7 Å². The fourth-order valence-electron chi connectivity index (χ4n) is 3.84. The summed E-state index contributed by atoms with van der Waals surface area (Å²) in [4.78, 5) is 25.3. The highest BCUT2D eigenvalue weighted by Gasteiger charge is 2.28. The molecule has 5 heterocycles. The monoisotopic (exact) mass is 404 g/mol. The van der Waals surface area contributed by atoms with Gasteiger partial charge in [-0.2, -0.15) is 5.10 Å². The summed E-state index contributed by atoms with van der Waals surface area (Å²) in [6.07, 6.45) is 7.27. The Kier molecular flexibility index (Phi) is 4.57. The van der Waals surface area contributed by atoms with Gasteiger partial charge in [0.15, 0.2) is 5.65 Å². The molecule has 0 saturated carbocycles. The second kappa shape index (κ2) is 7.38. The number of carbonyl (C=O) groups excluding carboxylic acids is 1. The van der Waals surface area contributed by atoms with Gasteiger partial charge in [0.1, 0.15) is 0 Å². The Hall–Kier alpha value is -3.10. The van der Waals surface area contributed by atoms with E-state index in [9.17, 15) is 4.79 Å². The molecule has 1 fully saturated rings. The predicted octanol–water partition coefficient (Wildman–Crippen LogP) is 3.08. The van der Waals surface area contributed by atoms with E-state index in [1.165, 1.54) is 0 Å². The first-order valence-corrected chi connectivity index (χ1v) is 10.5. The first-order chi connectivity index (χ1) is 14.2. The Morgan fingerprint density at radius 1 is 1.28 bits per heavy atom. The molecule has 1 atom stereocenters. The molecule has 8 heteroatoms. The molecular weight excluding hydrogens is 384 g/mol. The van der Waals surface area contributed by atoms with Gasteiger partial charge in [-0.1, -0.05) is 6.07 Å². The molecule has 146 valence electrons. The predicted molar refractivity (Wildman–Crippen MR) is 113 cm³/mol. The highest BCUT2D eigenvalue weighted by molar-refractivity contribution is 7.13. The molecule has 29 heavy (non-hydrogen) atoms. The fourth-order valence-corrected chi connectivity index (χ4v) is 4.53. The molecule has 4 aromatic rings. The van der Waals surface area contributed by atoms with Gasteiger partial charge in [0.2, 0.25) is 0 Å². The SMILES string of the molecule is NCC1CCCN1C(=O)c1ccnc(-c2cnn3ccc(-c4cccs4)nc23)c1. The summed E-state index contributed by atoms with van der Waals surface area (Å²) in [6, 6.07) is 9.70. The quantitative estimate of drug-likeness (QED) is 0.565.